The summed E-state index contributed by atoms with van der Waals surface area (Å²) in [4.78, 5) is 2.44. The van der Waals surface area contributed by atoms with Crippen LogP contribution in [-0.2, 0) is 17.8 Å². The van der Waals surface area contributed by atoms with E-state index in [9.17, 15) is 0 Å². The standard InChI is InChI=1S/C15H23BrN2O/c1-2-5-17-11-13-3-4-14(15(16)10-13)12-18-6-8-19-9-7-18/h3-4,10,17H,2,5-9,11-12H2,1H3. The zero-order chi connectivity index (χ0) is 13.5. The van der Waals surface area contributed by atoms with Gasteiger partial charge in [-0.15, -0.1) is 0 Å². The minimum Gasteiger partial charge on any atom is -0.379 e. The van der Waals surface area contributed by atoms with Crippen molar-refractivity contribution < 1.29 is 4.74 Å². The van der Waals surface area contributed by atoms with Gasteiger partial charge in [-0.2, -0.15) is 0 Å². The molecule has 0 aliphatic carbocycles. The predicted molar refractivity (Wildman–Crippen MR) is 82.2 cm³/mol. The third-order valence-electron chi connectivity index (χ3n) is 3.37. The van der Waals surface area contributed by atoms with Gasteiger partial charge in [0.1, 0.15) is 0 Å². The van der Waals surface area contributed by atoms with Crippen molar-refractivity contribution in [3.05, 3.63) is 33.8 Å². The zero-order valence-corrected chi connectivity index (χ0v) is 13.2. The quantitative estimate of drug-likeness (QED) is 0.813. The molecule has 0 spiro atoms. The van der Waals surface area contributed by atoms with Crippen LogP contribution in [0.2, 0.25) is 0 Å². The number of halogens is 1. The molecule has 1 aliphatic rings. The first-order valence-electron chi connectivity index (χ1n) is 7.07. The summed E-state index contributed by atoms with van der Waals surface area (Å²) in [5.41, 5.74) is 2.70. The van der Waals surface area contributed by atoms with Crippen LogP contribution in [0.25, 0.3) is 0 Å². The Kier molecular flexibility index (Phi) is 6.31. The molecule has 0 aromatic heterocycles. The van der Waals surface area contributed by atoms with Crippen molar-refractivity contribution in [1.29, 1.82) is 0 Å². The Balaban J connectivity index is 1.90. The molecule has 1 N–H and O–H groups in total. The second kappa shape index (κ2) is 8.00. The van der Waals surface area contributed by atoms with Crippen molar-refractivity contribution in [2.45, 2.75) is 26.4 Å². The molecule has 3 nitrogen and oxygen atoms in total. The van der Waals surface area contributed by atoms with Crippen molar-refractivity contribution in [2.24, 2.45) is 0 Å². The number of rotatable bonds is 6. The third-order valence-corrected chi connectivity index (χ3v) is 4.11. The molecular weight excluding hydrogens is 304 g/mol. The third kappa shape index (κ3) is 4.88. The summed E-state index contributed by atoms with van der Waals surface area (Å²) in [6.07, 6.45) is 1.18. The van der Waals surface area contributed by atoms with Crippen molar-refractivity contribution in [1.82, 2.24) is 10.2 Å². The highest BCUT2D eigenvalue weighted by molar-refractivity contribution is 9.10. The van der Waals surface area contributed by atoms with E-state index in [1.165, 1.54) is 22.0 Å². The molecule has 1 fully saturated rings. The Morgan fingerprint density at radius 1 is 1.32 bits per heavy atom. The maximum Gasteiger partial charge on any atom is 0.0594 e. The number of ether oxygens (including phenoxy) is 1. The maximum absolute atomic E-state index is 5.38. The molecule has 4 heteroatoms. The first-order chi connectivity index (χ1) is 9.29. The highest BCUT2D eigenvalue weighted by atomic mass is 79.9. The number of morpholine rings is 1. The van der Waals surface area contributed by atoms with Gasteiger partial charge < -0.3 is 10.1 Å². The van der Waals surface area contributed by atoms with Gasteiger partial charge in [0.2, 0.25) is 0 Å². The Morgan fingerprint density at radius 2 is 2.11 bits per heavy atom. The average molecular weight is 327 g/mol. The molecule has 1 heterocycles. The summed E-state index contributed by atoms with van der Waals surface area (Å²) >= 11 is 3.70. The average Bonchev–Trinajstić information content (AvgIpc) is 2.43. The second-order valence-electron chi connectivity index (χ2n) is 4.99. The molecule has 1 saturated heterocycles. The molecule has 0 amide bonds. The van der Waals surface area contributed by atoms with Gasteiger partial charge in [-0.05, 0) is 30.2 Å². The Hall–Kier alpha value is -0.420. The molecule has 0 unspecified atom stereocenters. The predicted octanol–water partition coefficient (Wildman–Crippen LogP) is 2.78. The van der Waals surface area contributed by atoms with Crippen LogP contribution < -0.4 is 5.32 Å². The van der Waals surface area contributed by atoms with E-state index in [0.717, 1.165) is 45.9 Å². The lowest BCUT2D eigenvalue weighted by Gasteiger charge is -2.27. The lowest BCUT2D eigenvalue weighted by molar-refractivity contribution is 0.0341. The topological polar surface area (TPSA) is 24.5 Å². The molecule has 1 aliphatic heterocycles. The fourth-order valence-electron chi connectivity index (χ4n) is 2.24. The van der Waals surface area contributed by atoms with Crippen molar-refractivity contribution >= 4 is 15.9 Å². The van der Waals surface area contributed by atoms with Crippen LogP contribution in [0.1, 0.15) is 24.5 Å². The van der Waals surface area contributed by atoms with Gasteiger partial charge in [0.15, 0.2) is 0 Å². The smallest absolute Gasteiger partial charge is 0.0594 e. The Bertz CT molecular complexity index is 392. The minimum atomic E-state index is 0.858. The second-order valence-corrected chi connectivity index (χ2v) is 5.85. The van der Waals surface area contributed by atoms with Crippen molar-refractivity contribution in [3.8, 4) is 0 Å². The number of hydrogen-bond acceptors (Lipinski definition) is 3. The maximum atomic E-state index is 5.38. The molecule has 2 rings (SSSR count). The number of hydrogen-bond donors (Lipinski definition) is 1. The van der Waals surface area contributed by atoms with Gasteiger partial charge >= 0.3 is 0 Å². The van der Waals surface area contributed by atoms with E-state index in [1.54, 1.807) is 0 Å². The first kappa shape index (κ1) is 15.0. The summed E-state index contributed by atoms with van der Waals surface area (Å²) in [6, 6.07) is 6.70. The normalized spacial score (nSPS) is 16.7. The van der Waals surface area contributed by atoms with Crippen molar-refractivity contribution in [2.75, 3.05) is 32.8 Å². The lowest BCUT2D eigenvalue weighted by Crippen LogP contribution is -2.35. The van der Waals surface area contributed by atoms with Gasteiger partial charge in [-0.1, -0.05) is 35.0 Å². The fraction of sp³-hybridized carbons (Fsp3) is 0.600. The summed E-state index contributed by atoms with van der Waals surface area (Å²) in [7, 11) is 0. The summed E-state index contributed by atoms with van der Waals surface area (Å²) in [6.45, 7) is 9.00. The van der Waals surface area contributed by atoms with Crippen LogP contribution in [0, 0.1) is 0 Å². The van der Waals surface area contributed by atoms with Crippen LogP contribution in [0.15, 0.2) is 22.7 Å². The summed E-state index contributed by atoms with van der Waals surface area (Å²) < 4.78 is 6.60. The number of benzene rings is 1. The molecule has 0 bridgehead atoms. The first-order valence-corrected chi connectivity index (χ1v) is 7.87. The largest absolute Gasteiger partial charge is 0.379 e. The van der Waals surface area contributed by atoms with E-state index < -0.39 is 0 Å². The van der Waals surface area contributed by atoms with Gasteiger partial charge in [-0.3, -0.25) is 4.90 Å². The molecule has 1 aromatic carbocycles. The fourth-order valence-corrected chi connectivity index (χ4v) is 2.79. The zero-order valence-electron chi connectivity index (χ0n) is 11.6. The van der Waals surface area contributed by atoms with Crippen LogP contribution in [0.4, 0.5) is 0 Å². The summed E-state index contributed by atoms with van der Waals surface area (Å²) in [5.74, 6) is 0. The van der Waals surface area contributed by atoms with Crippen molar-refractivity contribution in [3.63, 3.8) is 0 Å². The van der Waals surface area contributed by atoms with E-state index >= 15 is 0 Å². The molecule has 0 radical (unpaired) electrons. The van der Waals surface area contributed by atoms with E-state index in [1.807, 2.05) is 0 Å². The Labute approximate surface area is 124 Å². The number of nitrogens with zero attached hydrogens (tertiary/aromatic N) is 1. The molecular formula is C15H23BrN2O. The molecule has 19 heavy (non-hydrogen) atoms. The Morgan fingerprint density at radius 3 is 2.79 bits per heavy atom. The van der Waals surface area contributed by atoms with Gasteiger partial charge in [-0.25, -0.2) is 0 Å². The van der Waals surface area contributed by atoms with Crippen LogP contribution in [0.3, 0.4) is 0 Å². The molecule has 106 valence electrons. The highest BCUT2D eigenvalue weighted by Gasteiger charge is 2.12. The van der Waals surface area contributed by atoms with E-state index in [0.29, 0.717) is 0 Å². The van der Waals surface area contributed by atoms with Crippen LogP contribution in [0.5, 0.6) is 0 Å². The highest BCUT2D eigenvalue weighted by Crippen LogP contribution is 2.20. The van der Waals surface area contributed by atoms with Gasteiger partial charge in [0.05, 0.1) is 13.2 Å². The van der Waals surface area contributed by atoms with E-state index in [-0.39, 0.29) is 0 Å². The van der Waals surface area contributed by atoms with Crippen LogP contribution in [-0.4, -0.2) is 37.7 Å². The van der Waals surface area contributed by atoms with E-state index in [4.69, 9.17) is 4.74 Å². The van der Waals surface area contributed by atoms with Gasteiger partial charge in [0, 0.05) is 30.7 Å². The van der Waals surface area contributed by atoms with Gasteiger partial charge in [0.25, 0.3) is 0 Å². The monoisotopic (exact) mass is 326 g/mol. The SMILES string of the molecule is CCCNCc1ccc(CN2CCOCC2)c(Br)c1. The minimum absolute atomic E-state index is 0.858. The van der Waals surface area contributed by atoms with Crippen LogP contribution >= 0.6 is 15.9 Å². The molecule has 0 saturated carbocycles. The van der Waals surface area contributed by atoms with E-state index in [2.05, 4.69) is 51.3 Å². The number of nitrogens with one attached hydrogen (secondary N) is 1. The lowest BCUT2D eigenvalue weighted by atomic mass is 10.1. The summed E-state index contributed by atoms with van der Waals surface area (Å²) in [5, 5.41) is 3.43. The molecule has 1 aromatic rings. The molecule has 0 atom stereocenters.